The zero-order valence-corrected chi connectivity index (χ0v) is 13.9. The highest BCUT2D eigenvalue weighted by Crippen LogP contribution is 2.12. The van der Waals surface area contributed by atoms with E-state index in [9.17, 15) is 0 Å². The molecule has 3 aromatic rings. The molecule has 116 valence electrons. The molecule has 2 heterocycles. The predicted octanol–water partition coefficient (Wildman–Crippen LogP) is 5.26. The average molecular weight is 302 g/mol. The summed E-state index contributed by atoms with van der Waals surface area (Å²) in [5, 5.41) is 0. The average Bonchev–Trinajstić information content (AvgIpc) is 2.58. The standard InChI is InChI=1S/C15H15N.C6H7N/c1-12-3-4-15(11-13(12)2)6-5-14-7-9-16-10-8-14;1-6-4-2-3-5-7-6/h3-11H,1-2H3;2-5H,1H3/b6-5-;. The number of nitrogens with zero attached hydrogens (tertiary/aromatic N) is 2. The van der Waals surface area contributed by atoms with E-state index in [1.165, 1.54) is 22.3 Å². The van der Waals surface area contributed by atoms with Crippen LogP contribution in [0.4, 0.5) is 0 Å². The third-order valence-electron chi connectivity index (χ3n) is 3.52. The van der Waals surface area contributed by atoms with E-state index < -0.39 is 0 Å². The molecule has 2 nitrogen and oxygen atoms in total. The summed E-state index contributed by atoms with van der Waals surface area (Å²) in [6.45, 7) is 6.24. The van der Waals surface area contributed by atoms with Gasteiger partial charge in [-0.25, -0.2) is 0 Å². The number of hydrogen-bond donors (Lipinski definition) is 0. The lowest BCUT2D eigenvalue weighted by molar-refractivity contribution is 1.20. The second-order valence-corrected chi connectivity index (χ2v) is 5.43. The number of pyridine rings is 2. The molecule has 0 aliphatic heterocycles. The molecule has 1 aromatic carbocycles. The van der Waals surface area contributed by atoms with Crippen molar-refractivity contribution in [1.29, 1.82) is 0 Å². The third-order valence-corrected chi connectivity index (χ3v) is 3.52. The minimum atomic E-state index is 1.07. The molecule has 2 aromatic heterocycles. The van der Waals surface area contributed by atoms with Crippen molar-refractivity contribution in [2.45, 2.75) is 20.8 Å². The first kappa shape index (κ1) is 16.6. The largest absolute Gasteiger partial charge is 0.265 e. The lowest BCUT2D eigenvalue weighted by atomic mass is 10.1. The third kappa shape index (κ3) is 5.87. The van der Waals surface area contributed by atoms with Crippen LogP contribution in [0.25, 0.3) is 12.2 Å². The Morgan fingerprint density at radius 3 is 2.00 bits per heavy atom. The summed E-state index contributed by atoms with van der Waals surface area (Å²) in [5.74, 6) is 0. The second-order valence-electron chi connectivity index (χ2n) is 5.43. The Morgan fingerprint density at radius 2 is 1.43 bits per heavy atom. The van der Waals surface area contributed by atoms with Crippen LogP contribution >= 0.6 is 0 Å². The van der Waals surface area contributed by atoms with Gasteiger partial charge in [-0.1, -0.05) is 36.4 Å². The van der Waals surface area contributed by atoms with E-state index in [1.54, 1.807) is 18.6 Å². The molecule has 0 aliphatic rings. The molecular formula is C21H22N2. The predicted molar refractivity (Wildman–Crippen MR) is 98.1 cm³/mol. The monoisotopic (exact) mass is 302 g/mol. The summed E-state index contributed by atoms with van der Waals surface area (Å²) in [7, 11) is 0. The van der Waals surface area contributed by atoms with Crippen LogP contribution in [0.3, 0.4) is 0 Å². The maximum absolute atomic E-state index is 3.99. The molecule has 0 fully saturated rings. The Labute approximate surface area is 138 Å². The van der Waals surface area contributed by atoms with Crippen LogP contribution < -0.4 is 0 Å². The molecule has 0 bridgehead atoms. The fourth-order valence-electron chi connectivity index (χ4n) is 1.98. The smallest absolute Gasteiger partial charge is 0.0372 e. The van der Waals surface area contributed by atoms with Gasteiger partial charge < -0.3 is 0 Å². The van der Waals surface area contributed by atoms with Gasteiger partial charge in [0.2, 0.25) is 0 Å². The van der Waals surface area contributed by atoms with E-state index >= 15 is 0 Å². The van der Waals surface area contributed by atoms with E-state index in [0.29, 0.717) is 0 Å². The molecule has 0 saturated carbocycles. The van der Waals surface area contributed by atoms with Crippen LogP contribution in [-0.2, 0) is 0 Å². The van der Waals surface area contributed by atoms with Gasteiger partial charge in [-0.05, 0) is 67.3 Å². The quantitative estimate of drug-likeness (QED) is 0.645. The van der Waals surface area contributed by atoms with Crippen molar-refractivity contribution >= 4 is 12.2 Å². The first-order valence-electron chi connectivity index (χ1n) is 7.68. The van der Waals surface area contributed by atoms with E-state index in [4.69, 9.17) is 0 Å². The van der Waals surface area contributed by atoms with Crippen molar-refractivity contribution in [2.75, 3.05) is 0 Å². The van der Waals surface area contributed by atoms with Crippen LogP contribution in [0.15, 0.2) is 67.1 Å². The molecule has 0 amide bonds. The van der Waals surface area contributed by atoms with Crippen molar-refractivity contribution in [3.05, 3.63) is 95.1 Å². The van der Waals surface area contributed by atoms with Crippen molar-refractivity contribution < 1.29 is 0 Å². The zero-order valence-electron chi connectivity index (χ0n) is 13.9. The molecule has 0 atom stereocenters. The summed E-state index contributed by atoms with van der Waals surface area (Å²) in [4.78, 5) is 7.97. The van der Waals surface area contributed by atoms with Gasteiger partial charge in [0.1, 0.15) is 0 Å². The summed E-state index contributed by atoms with van der Waals surface area (Å²) in [6, 6.07) is 16.3. The van der Waals surface area contributed by atoms with Crippen molar-refractivity contribution in [3.63, 3.8) is 0 Å². The Kier molecular flexibility index (Phi) is 6.25. The van der Waals surface area contributed by atoms with E-state index in [2.05, 4.69) is 54.2 Å². The number of rotatable bonds is 2. The number of aryl methyl sites for hydroxylation is 3. The topological polar surface area (TPSA) is 25.8 Å². The lowest BCUT2D eigenvalue weighted by Gasteiger charge is -2.00. The van der Waals surface area contributed by atoms with Gasteiger partial charge in [0, 0.05) is 24.3 Å². The summed E-state index contributed by atoms with van der Waals surface area (Å²) < 4.78 is 0. The highest BCUT2D eigenvalue weighted by molar-refractivity contribution is 5.69. The second kappa shape index (κ2) is 8.64. The van der Waals surface area contributed by atoms with Crippen LogP contribution in [0.1, 0.15) is 27.9 Å². The summed E-state index contributed by atoms with van der Waals surface area (Å²) in [6.07, 6.45) is 9.63. The lowest BCUT2D eigenvalue weighted by Crippen LogP contribution is -1.81. The molecule has 0 N–H and O–H groups in total. The highest BCUT2D eigenvalue weighted by Gasteiger charge is 1.92. The highest BCUT2D eigenvalue weighted by atomic mass is 14.6. The fraction of sp³-hybridized carbons (Fsp3) is 0.143. The first-order chi connectivity index (χ1) is 11.1. The van der Waals surface area contributed by atoms with Gasteiger partial charge in [0.15, 0.2) is 0 Å². The normalized spacial score (nSPS) is 10.2. The molecule has 3 rings (SSSR count). The molecule has 2 heteroatoms. The van der Waals surface area contributed by atoms with Crippen molar-refractivity contribution in [3.8, 4) is 0 Å². The Balaban J connectivity index is 0.000000229. The number of hydrogen-bond acceptors (Lipinski definition) is 2. The van der Waals surface area contributed by atoms with Gasteiger partial charge in [0.05, 0.1) is 0 Å². The zero-order chi connectivity index (χ0) is 16.5. The molecule has 0 unspecified atom stereocenters. The summed E-state index contributed by atoms with van der Waals surface area (Å²) >= 11 is 0. The Morgan fingerprint density at radius 1 is 0.696 bits per heavy atom. The fourth-order valence-corrected chi connectivity index (χ4v) is 1.98. The SMILES string of the molecule is Cc1ccc(/C=C\c2ccncc2)cc1C.Cc1ccccn1. The van der Waals surface area contributed by atoms with Crippen LogP contribution in [0.5, 0.6) is 0 Å². The first-order valence-corrected chi connectivity index (χ1v) is 7.68. The minimum absolute atomic E-state index is 1.07. The van der Waals surface area contributed by atoms with E-state index in [-0.39, 0.29) is 0 Å². The molecule has 23 heavy (non-hydrogen) atoms. The summed E-state index contributed by atoms with van der Waals surface area (Å²) in [5.41, 5.74) is 6.15. The van der Waals surface area contributed by atoms with Crippen molar-refractivity contribution in [1.82, 2.24) is 9.97 Å². The van der Waals surface area contributed by atoms with Gasteiger partial charge in [-0.2, -0.15) is 0 Å². The molecule has 0 spiro atoms. The van der Waals surface area contributed by atoms with E-state index in [0.717, 1.165) is 5.69 Å². The van der Waals surface area contributed by atoms with Crippen molar-refractivity contribution in [2.24, 2.45) is 0 Å². The van der Waals surface area contributed by atoms with E-state index in [1.807, 2.05) is 37.3 Å². The maximum Gasteiger partial charge on any atom is 0.0372 e. The number of aromatic nitrogens is 2. The van der Waals surface area contributed by atoms with Gasteiger partial charge in [0.25, 0.3) is 0 Å². The van der Waals surface area contributed by atoms with Gasteiger partial charge >= 0.3 is 0 Å². The van der Waals surface area contributed by atoms with Gasteiger partial charge in [-0.15, -0.1) is 0 Å². The maximum atomic E-state index is 3.99. The Hall–Kier alpha value is -2.74. The molecule has 0 radical (unpaired) electrons. The van der Waals surface area contributed by atoms with Crippen LogP contribution in [0.2, 0.25) is 0 Å². The van der Waals surface area contributed by atoms with Gasteiger partial charge in [-0.3, -0.25) is 9.97 Å². The number of benzene rings is 1. The van der Waals surface area contributed by atoms with Crippen LogP contribution in [0, 0.1) is 20.8 Å². The molecule has 0 aliphatic carbocycles. The molecular weight excluding hydrogens is 280 g/mol. The Bertz CT molecular complexity index is 747. The van der Waals surface area contributed by atoms with Crippen LogP contribution in [-0.4, -0.2) is 9.97 Å². The molecule has 0 saturated heterocycles. The minimum Gasteiger partial charge on any atom is -0.265 e.